The van der Waals surface area contributed by atoms with Gasteiger partial charge in [0, 0.05) is 11.1 Å². The van der Waals surface area contributed by atoms with Crippen LogP contribution in [0.2, 0.25) is 0 Å². The first-order valence-electron chi connectivity index (χ1n) is 11.3. The Balaban J connectivity index is 2.06. The maximum absolute atomic E-state index is 12.7. The summed E-state index contributed by atoms with van der Waals surface area (Å²) in [5, 5.41) is 0. The average molecular weight is 495 g/mol. The fourth-order valence-corrected chi connectivity index (χ4v) is 2.68. The number of hydrogen-bond acceptors (Lipinski definition) is 8. The molecule has 0 aliphatic heterocycles. The number of esters is 4. The SMILES string of the molecule is C=C(C)C(=O)OCC(COC(=O)C(C)C)OC(=O)c1ccc(-c2ccc(OC(=O)C(=C)C)cc2)cc1. The van der Waals surface area contributed by atoms with E-state index in [-0.39, 0.29) is 30.3 Å². The van der Waals surface area contributed by atoms with Gasteiger partial charge in [0.1, 0.15) is 19.0 Å². The van der Waals surface area contributed by atoms with Crippen LogP contribution in [0.15, 0.2) is 72.8 Å². The molecule has 0 saturated carbocycles. The Morgan fingerprint density at radius 2 is 1.25 bits per heavy atom. The molecule has 36 heavy (non-hydrogen) atoms. The lowest BCUT2D eigenvalue weighted by Crippen LogP contribution is -2.31. The Hall–Kier alpha value is -4.20. The molecule has 2 aromatic rings. The first-order valence-corrected chi connectivity index (χ1v) is 11.3. The summed E-state index contributed by atoms with van der Waals surface area (Å²) in [6.07, 6.45) is -0.988. The molecule has 0 saturated heterocycles. The fraction of sp³-hybridized carbons (Fsp3) is 0.286. The van der Waals surface area contributed by atoms with E-state index in [1.807, 2.05) is 0 Å². The third-order valence-electron chi connectivity index (χ3n) is 4.77. The summed E-state index contributed by atoms with van der Waals surface area (Å²) in [4.78, 5) is 47.9. The molecule has 2 rings (SSSR count). The summed E-state index contributed by atoms with van der Waals surface area (Å²) in [7, 11) is 0. The highest BCUT2D eigenvalue weighted by Crippen LogP contribution is 2.23. The Labute approximate surface area is 210 Å². The Morgan fingerprint density at radius 1 is 0.750 bits per heavy atom. The molecule has 0 N–H and O–H groups in total. The minimum absolute atomic E-state index is 0.192. The van der Waals surface area contributed by atoms with E-state index in [1.54, 1.807) is 69.3 Å². The number of ether oxygens (including phenoxy) is 4. The zero-order chi connectivity index (χ0) is 26.8. The van der Waals surface area contributed by atoms with Crippen LogP contribution in [-0.4, -0.2) is 43.2 Å². The second kappa shape index (κ2) is 13.0. The van der Waals surface area contributed by atoms with Gasteiger partial charge in [-0.05, 0) is 49.2 Å². The van der Waals surface area contributed by atoms with E-state index >= 15 is 0 Å². The van der Waals surface area contributed by atoms with Gasteiger partial charge >= 0.3 is 23.9 Å². The molecule has 1 atom stereocenters. The van der Waals surface area contributed by atoms with E-state index < -0.39 is 30.0 Å². The summed E-state index contributed by atoms with van der Waals surface area (Å²) < 4.78 is 20.8. The molecule has 2 aromatic carbocycles. The zero-order valence-electron chi connectivity index (χ0n) is 20.9. The molecule has 8 nitrogen and oxygen atoms in total. The predicted molar refractivity (Wildman–Crippen MR) is 133 cm³/mol. The lowest BCUT2D eigenvalue weighted by atomic mass is 10.0. The Bertz CT molecular complexity index is 1130. The van der Waals surface area contributed by atoms with Crippen LogP contribution in [0.3, 0.4) is 0 Å². The van der Waals surface area contributed by atoms with Crippen LogP contribution in [0, 0.1) is 5.92 Å². The largest absolute Gasteiger partial charge is 0.461 e. The number of hydrogen-bond donors (Lipinski definition) is 0. The number of benzene rings is 2. The lowest BCUT2D eigenvalue weighted by Gasteiger charge is -2.19. The first-order chi connectivity index (χ1) is 17.0. The van der Waals surface area contributed by atoms with Crippen molar-refractivity contribution in [2.24, 2.45) is 5.92 Å². The third kappa shape index (κ3) is 8.54. The standard InChI is InChI=1S/C28H30O8/c1-17(2)25(29)33-15-24(16-34-26(30)18(3)4)36-28(32)22-9-7-20(8-10-22)21-11-13-23(14-12-21)35-27(31)19(5)6/h7-14,18,24H,1,5,15-16H2,2-4,6H3. The molecule has 0 aliphatic carbocycles. The minimum atomic E-state index is -0.988. The van der Waals surface area contributed by atoms with E-state index in [1.165, 1.54) is 6.92 Å². The van der Waals surface area contributed by atoms with Crippen LogP contribution in [0.5, 0.6) is 5.75 Å². The number of carbonyl (C=O) groups is 4. The van der Waals surface area contributed by atoms with Crippen LogP contribution < -0.4 is 4.74 Å². The second-order valence-corrected chi connectivity index (χ2v) is 8.46. The van der Waals surface area contributed by atoms with Gasteiger partial charge in [-0.2, -0.15) is 0 Å². The fourth-order valence-electron chi connectivity index (χ4n) is 2.68. The van der Waals surface area contributed by atoms with Crippen LogP contribution in [0.4, 0.5) is 0 Å². The summed E-state index contributed by atoms with van der Waals surface area (Å²) in [5.74, 6) is -2.25. The van der Waals surface area contributed by atoms with Crippen molar-refractivity contribution in [1.29, 1.82) is 0 Å². The normalized spacial score (nSPS) is 11.2. The summed E-state index contributed by atoms with van der Waals surface area (Å²) in [6, 6.07) is 13.5. The van der Waals surface area contributed by atoms with Gasteiger partial charge in [-0.3, -0.25) is 4.79 Å². The van der Waals surface area contributed by atoms with E-state index in [0.29, 0.717) is 11.3 Å². The Kier molecular flexibility index (Phi) is 10.2. The molecule has 8 heteroatoms. The molecule has 190 valence electrons. The van der Waals surface area contributed by atoms with E-state index in [2.05, 4.69) is 13.2 Å². The van der Waals surface area contributed by atoms with Gasteiger partial charge < -0.3 is 18.9 Å². The molecule has 0 radical (unpaired) electrons. The molecule has 0 bridgehead atoms. The van der Waals surface area contributed by atoms with Gasteiger partial charge in [0.15, 0.2) is 6.10 Å². The topological polar surface area (TPSA) is 105 Å². The van der Waals surface area contributed by atoms with E-state index in [0.717, 1.165) is 11.1 Å². The summed E-state index contributed by atoms with van der Waals surface area (Å²) in [6.45, 7) is 12.9. The highest BCUT2D eigenvalue weighted by molar-refractivity contribution is 5.90. The quantitative estimate of drug-likeness (QED) is 0.192. The molecule has 0 amide bonds. The van der Waals surface area contributed by atoms with Crippen LogP contribution in [0.25, 0.3) is 11.1 Å². The average Bonchev–Trinajstić information content (AvgIpc) is 2.85. The van der Waals surface area contributed by atoms with Crippen molar-refractivity contribution in [1.82, 2.24) is 0 Å². The molecule has 0 aliphatic rings. The Morgan fingerprint density at radius 3 is 1.75 bits per heavy atom. The van der Waals surface area contributed by atoms with Crippen molar-refractivity contribution >= 4 is 23.9 Å². The van der Waals surface area contributed by atoms with Crippen molar-refractivity contribution in [2.75, 3.05) is 13.2 Å². The van der Waals surface area contributed by atoms with E-state index in [9.17, 15) is 19.2 Å². The summed E-state index contributed by atoms with van der Waals surface area (Å²) >= 11 is 0. The highest BCUT2D eigenvalue weighted by atomic mass is 16.6. The molecule has 0 fully saturated rings. The molecule has 0 aromatic heterocycles. The number of rotatable bonds is 11. The maximum Gasteiger partial charge on any atom is 0.338 e. The van der Waals surface area contributed by atoms with Gasteiger partial charge in [0.25, 0.3) is 0 Å². The monoisotopic (exact) mass is 494 g/mol. The molecule has 1 unspecified atom stereocenters. The summed E-state index contributed by atoms with van der Waals surface area (Å²) in [5.41, 5.74) is 2.42. The molecule has 0 spiro atoms. The van der Waals surface area contributed by atoms with Gasteiger partial charge in [0.2, 0.25) is 0 Å². The third-order valence-corrected chi connectivity index (χ3v) is 4.77. The lowest BCUT2D eigenvalue weighted by molar-refractivity contribution is -0.153. The number of carbonyl (C=O) groups excluding carboxylic acids is 4. The zero-order valence-corrected chi connectivity index (χ0v) is 20.9. The first kappa shape index (κ1) is 28.0. The van der Waals surface area contributed by atoms with E-state index in [4.69, 9.17) is 18.9 Å². The van der Waals surface area contributed by atoms with Crippen molar-refractivity contribution in [3.05, 3.63) is 78.4 Å². The molecular formula is C28H30O8. The smallest absolute Gasteiger partial charge is 0.338 e. The van der Waals surface area contributed by atoms with Crippen molar-refractivity contribution in [3.8, 4) is 16.9 Å². The van der Waals surface area contributed by atoms with Gasteiger partial charge in [0.05, 0.1) is 11.5 Å². The van der Waals surface area contributed by atoms with Crippen LogP contribution >= 0.6 is 0 Å². The molecule has 0 heterocycles. The highest BCUT2D eigenvalue weighted by Gasteiger charge is 2.21. The van der Waals surface area contributed by atoms with Crippen molar-refractivity contribution in [3.63, 3.8) is 0 Å². The van der Waals surface area contributed by atoms with Gasteiger partial charge in [-0.1, -0.05) is 51.3 Å². The van der Waals surface area contributed by atoms with Crippen molar-refractivity contribution < 1.29 is 38.1 Å². The molecular weight excluding hydrogens is 464 g/mol. The van der Waals surface area contributed by atoms with Crippen LogP contribution in [-0.2, 0) is 28.6 Å². The second-order valence-electron chi connectivity index (χ2n) is 8.46. The minimum Gasteiger partial charge on any atom is -0.461 e. The van der Waals surface area contributed by atoms with Gasteiger partial charge in [-0.15, -0.1) is 0 Å². The van der Waals surface area contributed by atoms with Crippen molar-refractivity contribution in [2.45, 2.75) is 33.8 Å². The van der Waals surface area contributed by atoms with Gasteiger partial charge in [-0.25, -0.2) is 14.4 Å². The van der Waals surface area contributed by atoms with Crippen LogP contribution in [0.1, 0.15) is 38.1 Å². The maximum atomic E-state index is 12.7. The predicted octanol–water partition coefficient (Wildman–Crippen LogP) is 4.68.